The molecular weight excluding hydrogens is 364 g/mol. The Kier molecular flexibility index (Phi) is 5.42. The van der Waals surface area contributed by atoms with Gasteiger partial charge in [-0.15, -0.1) is 0 Å². The number of H-pyrrole nitrogens is 1. The summed E-state index contributed by atoms with van der Waals surface area (Å²) in [5, 5.41) is 7.40. The van der Waals surface area contributed by atoms with Gasteiger partial charge in [-0.25, -0.2) is 0 Å². The van der Waals surface area contributed by atoms with Crippen molar-refractivity contribution in [3.63, 3.8) is 0 Å². The molecule has 6 nitrogen and oxygen atoms in total. The summed E-state index contributed by atoms with van der Waals surface area (Å²) in [7, 11) is 1.62. The quantitative estimate of drug-likeness (QED) is 0.443. The molecule has 3 N–H and O–H groups in total. The minimum absolute atomic E-state index is 0.152. The van der Waals surface area contributed by atoms with Crippen molar-refractivity contribution in [2.45, 2.75) is 6.42 Å². The molecule has 29 heavy (non-hydrogen) atoms. The summed E-state index contributed by atoms with van der Waals surface area (Å²) in [5.74, 6) is 0.571. The number of anilines is 2. The number of amides is 1. The van der Waals surface area contributed by atoms with E-state index in [9.17, 15) is 4.79 Å². The Balaban J connectivity index is 1.39. The number of pyridine rings is 1. The lowest BCUT2D eigenvalue weighted by Gasteiger charge is -2.11. The summed E-state index contributed by atoms with van der Waals surface area (Å²) in [6.07, 6.45) is 5.99. The summed E-state index contributed by atoms with van der Waals surface area (Å²) >= 11 is 0. The molecule has 0 atom stereocenters. The molecule has 146 valence electrons. The second-order valence-electron chi connectivity index (χ2n) is 6.65. The van der Waals surface area contributed by atoms with Gasteiger partial charge in [0.2, 0.25) is 0 Å². The van der Waals surface area contributed by atoms with Crippen molar-refractivity contribution in [1.29, 1.82) is 0 Å². The van der Waals surface area contributed by atoms with E-state index < -0.39 is 0 Å². The minimum atomic E-state index is -0.152. The normalized spacial score (nSPS) is 10.7. The molecule has 0 fully saturated rings. The fourth-order valence-corrected chi connectivity index (χ4v) is 3.29. The summed E-state index contributed by atoms with van der Waals surface area (Å²) < 4.78 is 5.35. The third-order valence-corrected chi connectivity index (χ3v) is 4.74. The van der Waals surface area contributed by atoms with E-state index in [0.29, 0.717) is 12.1 Å². The highest BCUT2D eigenvalue weighted by atomic mass is 16.5. The van der Waals surface area contributed by atoms with Crippen LogP contribution in [-0.2, 0) is 6.42 Å². The van der Waals surface area contributed by atoms with E-state index in [0.717, 1.165) is 29.1 Å². The molecule has 2 aromatic heterocycles. The maximum atomic E-state index is 12.6. The van der Waals surface area contributed by atoms with Crippen LogP contribution in [0.4, 0.5) is 11.4 Å². The van der Waals surface area contributed by atoms with Crippen LogP contribution in [0.1, 0.15) is 15.9 Å². The molecule has 0 saturated heterocycles. The topological polar surface area (TPSA) is 79.0 Å². The number of benzene rings is 2. The first-order chi connectivity index (χ1) is 14.2. The van der Waals surface area contributed by atoms with Crippen molar-refractivity contribution in [2.24, 2.45) is 0 Å². The molecule has 0 aliphatic rings. The number of hydrogen-bond donors (Lipinski definition) is 3. The fourth-order valence-electron chi connectivity index (χ4n) is 3.29. The van der Waals surface area contributed by atoms with E-state index in [4.69, 9.17) is 4.74 Å². The molecule has 0 aliphatic carbocycles. The van der Waals surface area contributed by atoms with Gasteiger partial charge in [0.1, 0.15) is 5.75 Å². The molecule has 6 heteroatoms. The Morgan fingerprint density at radius 2 is 1.93 bits per heavy atom. The molecule has 0 saturated carbocycles. The van der Waals surface area contributed by atoms with Gasteiger partial charge in [-0.3, -0.25) is 9.78 Å². The van der Waals surface area contributed by atoms with E-state index >= 15 is 0 Å². The molecule has 1 amide bonds. The highest BCUT2D eigenvalue weighted by molar-refractivity contribution is 5.95. The van der Waals surface area contributed by atoms with Crippen LogP contribution in [0.3, 0.4) is 0 Å². The predicted molar refractivity (Wildman–Crippen MR) is 115 cm³/mol. The number of aromatic amines is 1. The number of ether oxygens (including phenoxy) is 1. The predicted octanol–water partition coefficient (Wildman–Crippen LogP) is 4.29. The summed E-state index contributed by atoms with van der Waals surface area (Å²) in [6.45, 7) is 0.546. The van der Waals surface area contributed by atoms with Gasteiger partial charge in [0, 0.05) is 29.8 Å². The lowest BCUT2D eigenvalue weighted by Crippen LogP contribution is -2.25. The van der Waals surface area contributed by atoms with Crippen LogP contribution in [-0.4, -0.2) is 29.5 Å². The van der Waals surface area contributed by atoms with E-state index in [-0.39, 0.29) is 5.91 Å². The van der Waals surface area contributed by atoms with Gasteiger partial charge in [0.15, 0.2) is 0 Å². The van der Waals surface area contributed by atoms with E-state index in [1.165, 1.54) is 10.9 Å². The SMILES string of the molecule is COc1ccccc1Nc1cncc(C(=O)NCCc2c[nH]c3ccccc23)c1. The molecule has 2 heterocycles. The van der Waals surface area contributed by atoms with Gasteiger partial charge in [0.05, 0.1) is 30.2 Å². The van der Waals surface area contributed by atoms with Crippen molar-refractivity contribution in [2.75, 3.05) is 19.0 Å². The van der Waals surface area contributed by atoms with Crippen LogP contribution in [0.25, 0.3) is 10.9 Å². The van der Waals surface area contributed by atoms with Gasteiger partial charge >= 0.3 is 0 Å². The Labute approximate surface area is 168 Å². The Bertz CT molecular complexity index is 1140. The smallest absolute Gasteiger partial charge is 0.252 e. The van der Waals surface area contributed by atoms with Crippen molar-refractivity contribution in [1.82, 2.24) is 15.3 Å². The lowest BCUT2D eigenvalue weighted by molar-refractivity contribution is 0.0954. The van der Waals surface area contributed by atoms with Gasteiger partial charge in [-0.05, 0) is 36.2 Å². The third-order valence-electron chi connectivity index (χ3n) is 4.74. The number of aromatic nitrogens is 2. The van der Waals surface area contributed by atoms with Crippen LogP contribution >= 0.6 is 0 Å². The average Bonchev–Trinajstić information content (AvgIpc) is 3.17. The fraction of sp³-hybridized carbons (Fsp3) is 0.130. The molecule has 2 aromatic carbocycles. The molecule has 0 radical (unpaired) electrons. The molecule has 0 aliphatic heterocycles. The standard InChI is InChI=1S/C23H22N4O2/c1-29-22-9-5-4-8-21(22)27-18-12-17(13-24-15-18)23(28)25-11-10-16-14-26-20-7-3-2-6-19(16)20/h2-9,12-15,26-27H,10-11H2,1H3,(H,25,28). The number of carbonyl (C=O) groups is 1. The molecular formula is C23H22N4O2. The van der Waals surface area contributed by atoms with Crippen LogP contribution in [0, 0.1) is 0 Å². The van der Waals surface area contributed by atoms with E-state index in [2.05, 4.69) is 26.7 Å². The molecule has 4 aromatic rings. The zero-order chi connectivity index (χ0) is 20.1. The number of fused-ring (bicyclic) bond motifs is 1. The first-order valence-corrected chi connectivity index (χ1v) is 9.43. The third kappa shape index (κ3) is 4.21. The van der Waals surface area contributed by atoms with Gasteiger partial charge in [-0.2, -0.15) is 0 Å². The van der Waals surface area contributed by atoms with Crippen molar-refractivity contribution < 1.29 is 9.53 Å². The molecule has 4 rings (SSSR count). The number of para-hydroxylation sites is 3. The zero-order valence-corrected chi connectivity index (χ0v) is 16.1. The van der Waals surface area contributed by atoms with Crippen LogP contribution < -0.4 is 15.4 Å². The van der Waals surface area contributed by atoms with Crippen molar-refractivity contribution in [3.05, 3.63) is 84.3 Å². The Morgan fingerprint density at radius 1 is 1.10 bits per heavy atom. The summed E-state index contributed by atoms with van der Waals surface area (Å²) in [5.41, 5.74) is 4.33. The maximum absolute atomic E-state index is 12.6. The molecule has 0 unspecified atom stereocenters. The lowest BCUT2D eigenvalue weighted by atomic mass is 10.1. The number of carbonyl (C=O) groups excluding carboxylic acids is 1. The number of methoxy groups -OCH3 is 1. The van der Waals surface area contributed by atoms with Crippen LogP contribution in [0.5, 0.6) is 5.75 Å². The largest absolute Gasteiger partial charge is 0.495 e. The van der Waals surface area contributed by atoms with Crippen molar-refractivity contribution >= 4 is 28.2 Å². The van der Waals surface area contributed by atoms with Crippen LogP contribution in [0.2, 0.25) is 0 Å². The molecule has 0 bridgehead atoms. The van der Waals surface area contributed by atoms with Gasteiger partial charge < -0.3 is 20.4 Å². The number of rotatable bonds is 7. The molecule has 0 spiro atoms. The van der Waals surface area contributed by atoms with Gasteiger partial charge in [0.25, 0.3) is 5.91 Å². The number of hydrogen-bond acceptors (Lipinski definition) is 4. The summed E-state index contributed by atoms with van der Waals surface area (Å²) in [4.78, 5) is 20.0. The van der Waals surface area contributed by atoms with Crippen molar-refractivity contribution in [3.8, 4) is 5.75 Å². The van der Waals surface area contributed by atoms with Crippen LogP contribution in [0.15, 0.2) is 73.2 Å². The summed E-state index contributed by atoms with van der Waals surface area (Å²) in [6, 6.07) is 17.5. The van der Waals surface area contributed by atoms with Gasteiger partial charge in [-0.1, -0.05) is 30.3 Å². The first-order valence-electron chi connectivity index (χ1n) is 9.43. The van der Waals surface area contributed by atoms with E-state index in [1.807, 2.05) is 48.7 Å². The second kappa shape index (κ2) is 8.48. The average molecular weight is 386 g/mol. The Hall–Kier alpha value is -3.80. The maximum Gasteiger partial charge on any atom is 0.252 e. The van der Waals surface area contributed by atoms with E-state index in [1.54, 1.807) is 25.6 Å². The second-order valence-corrected chi connectivity index (χ2v) is 6.65. The highest BCUT2D eigenvalue weighted by Crippen LogP contribution is 2.26. The monoisotopic (exact) mass is 386 g/mol. The minimum Gasteiger partial charge on any atom is -0.495 e. The number of nitrogens with zero attached hydrogens (tertiary/aromatic N) is 1. The Morgan fingerprint density at radius 3 is 2.83 bits per heavy atom. The first kappa shape index (κ1) is 18.6. The zero-order valence-electron chi connectivity index (χ0n) is 16.1. The number of nitrogens with one attached hydrogen (secondary N) is 3. The highest BCUT2D eigenvalue weighted by Gasteiger charge is 2.09.